The Balaban J connectivity index is 1.73. The van der Waals surface area contributed by atoms with E-state index in [1.54, 1.807) is 17.1 Å². The summed E-state index contributed by atoms with van der Waals surface area (Å²) >= 11 is 0. The van der Waals surface area contributed by atoms with Crippen LogP contribution in [0.4, 0.5) is 14.6 Å². The number of hydrogen-bond donors (Lipinski definition) is 1. The number of rotatable bonds is 2. The van der Waals surface area contributed by atoms with Gasteiger partial charge in [0.2, 0.25) is 0 Å². The van der Waals surface area contributed by atoms with Crippen molar-refractivity contribution in [2.45, 2.75) is 6.17 Å². The maximum atomic E-state index is 14.0. The molecule has 0 fully saturated rings. The SMILES string of the molecule is Fc1ccc(C2N=Cc3cnn(-c4ccccc4)c3N2)c(F)c1. The van der Waals surface area contributed by atoms with Crippen LogP contribution in [-0.2, 0) is 0 Å². The van der Waals surface area contributed by atoms with Gasteiger partial charge in [-0.15, -0.1) is 0 Å². The minimum absolute atomic E-state index is 0.286. The van der Waals surface area contributed by atoms with Crippen LogP contribution in [0.2, 0.25) is 0 Å². The highest BCUT2D eigenvalue weighted by molar-refractivity contribution is 5.88. The minimum Gasteiger partial charge on any atom is -0.344 e. The summed E-state index contributed by atoms with van der Waals surface area (Å²) in [6.07, 6.45) is 2.71. The Morgan fingerprint density at radius 1 is 1.04 bits per heavy atom. The molecular weight excluding hydrogens is 298 g/mol. The molecule has 1 atom stereocenters. The fraction of sp³-hybridized carbons (Fsp3) is 0.0588. The van der Waals surface area contributed by atoms with E-state index in [1.165, 1.54) is 12.1 Å². The Bertz CT molecular complexity index is 887. The highest BCUT2D eigenvalue weighted by atomic mass is 19.1. The fourth-order valence-corrected chi connectivity index (χ4v) is 2.57. The molecule has 23 heavy (non-hydrogen) atoms. The highest BCUT2D eigenvalue weighted by Crippen LogP contribution is 2.30. The molecule has 1 unspecified atom stereocenters. The molecule has 0 amide bonds. The van der Waals surface area contributed by atoms with Crippen molar-refractivity contribution in [3.63, 3.8) is 0 Å². The number of halogens is 2. The Morgan fingerprint density at radius 2 is 1.87 bits per heavy atom. The van der Waals surface area contributed by atoms with Crippen LogP contribution in [0.5, 0.6) is 0 Å². The van der Waals surface area contributed by atoms with Crippen molar-refractivity contribution in [3.8, 4) is 5.69 Å². The monoisotopic (exact) mass is 310 g/mol. The molecule has 114 valence electrons. The molecule has 2 heterocycles. The van der Waals surface area contributed by atoms with Crippen molar-refractivity contribution in [2.75, 3.05) is 5.32 Å². The molecule has 0 saturated carbocycles. The predicted molar refractivity (Wildman–Crippen MR) is 83.9 cm³/mol. The second kappa shape index (κ2) is 5.31. The van der Waals surface area contributed by atoms with E-state index in [4.69, 9.17) is 0 Å². The van der Waals surface area contributed by atoms with Crippen molar-refractivity contribution >= 4 is 12.0 Å². The van der Waals surface area contributed by atoms with Gasteiger partial charge in [-0.25, -0.2) is 13.5 Å². The van der Waals surface area contributed by atoms with Crippen molar-refractivity contribution < 1.29 is 8.78 Å². The Labute approximate surface area is 131 Å². The lowest BCUT2D eigenvalue weighted by Gasteiger charge is -2.21. The number of para-hydroxylation sites is 1. The molecule has 4 rings (SSSR count). The van der Waals surface area contributed by atoms with Crippen molar-refractivity contribution in [3.05, 3.63) is 77.5 Å². The van der Waals surface area contributed by atoms with Crippen LogP contribution < -0.4 is 5.32 Å². The number of aromatic nitrogens is 2. The van der Waals surface area contributed by atoms with Crippen molar-refractivity contribution in [2.24, 2.45) is 4.99 Å². The molecule has 4 nitrogen and oxygen atoms in total. The Hall–Kier alpha value is -3.02. The quantitative estimate of drug-likeness (QED) is 0.784. The molecule has 3 aromatic rings. The van der Waals surface area contributed by atoms with Gasteiger partial charge in [-0.2, -0.15) is 5.10 Å². The molecule has 0 aliphatic carbocycles. The number of aliphatic imine (C=N–C) groups is 1. The van der Waals surface area contributed by atoms with Gasteiger partial charge in [-0.3, -0.25) is 4.99 Å². The lowest BCUT2D eigenvalue weighted by molar-refractivity contribution is 0.563. The summed E-state index contributed by atoms with van der Waals surface area (Å²) in [6.45, 7) is 0. The van der Waals surface area contributed by atoms with E-state index >= 15 is 0 Å². The molecule has 2 aromatic carbocycles. The summed E-state index contributed by atoms with van der Waals surface area (Å²) in [5.41, 5.74) is 1.98. The summed E-state index contributed by atoms with van der Waals surface area (Å²) in [4.78, 5) is 4.29. The fourth-order valence-electron chi connectivity index (χ4n) is 2.57. The normalized spacial score (nSPS) is 16.0. The smallest absolute Gasteiger partial charge is 0.148 e. The summed E-state index contributed by atoms with van der Waals surface area (Å²) in [5, 5.41) is 7.50. The van der Waals surface area contributed by atoms with E-state index in [1.807, 2.05) is 30.3 Å². The average Bonchev–Trinajstić information content (AvgIpc) is 2.99. The van der Waals surface area contributed by atoms with Crippen LogP contribution in [0, 0.1) is 11.6 Å². The molecule has 0 bridgehead atoms. The van der Waals surface area contributed by atoms with Gasteiger partial charge in [0, 0.05) is 17.8 Å². The van der Waals surface area contributed by atoms with Gasteiger partial charge < -0.3 is 5.32 Å². The maximum Gasteiger partial charge on any atom is 0.148 e. The molecule has 0 spiro atoms. The second-order valence-electron chi connectivity index (χ2n) is 5.19. The molecule has 1 aromatic heterocycles. The second-order valence-corrected chi connectivity index (χ2v) is 5.19. The molecule has 0 radical (unpaired) electrons. The third-order valence-corrected chi connectivity index (χ3v) is 3.69. The predicted octanol–water partition coefficient (Wildman–Crippen LogP) is 3.69. The zero-order valence-electron chi connectivity index (χ0n) is 11.9. The third kappa shape index (κ3) is 2.38. The van der Waals surface area contributed by atoms with Crippen LogP contribution in [-0.4, -0.2) is 16.0 Å². The minimum atomic E-state index is -0.631. The van der Waals surface area contributed by atoms with E-state index < -0.39 is 17.8 Å². The number of benzene rings is 2. The van der Waals surface area contributed by atoms with E-state index in [0.29, 0.717) is 0 Å². The van der Waals surface area contributed by atoms with Crippen LogP contribution in [0.3, 0.4) is 0 Å². The molecule has 0 saturated heterocycles. The van der Waals surface area contributed by atoms with Gasteiger partial charge in [0.1, 0.15) is 23.6 Å². The van der Waals surface area contributed by atoms with Crippen LogP contribution in [0.1, 0.15) is 17.3 Å². The third-order valence-electron chi connectivity index (χ3n) is 3.69. The van der Waals surface area contributed by atoms with E-state index in [2.05, 4.69) is 15.4 Å². The van der Waals surface area contributed by atoms with Crippen LogP contribution >= 0.6 is 0 Å². The van der Waals surface area contributed by atoms with Gasteiger partial charge in [-0.1, -0.05) is 18.2 Å². The molecule has 1 N–H and O–H groups in total. The number of anilines is 1. The van der Waals surface area contributed by atoms with Gasteiger partial charge in [0.05, 0.1) is 17.4 Å². The number of fused-ring (bicyclic) bond motifs is 1. The first-order chi connectivity index (χ1) is 11.2. The van der Waals surface area contributed by atoms with Gasteiger partial charge in [0.25, 0.3) is 0 Å². The number of nitrogens with zero attached hydrogens (tertiary/aromatic N) is 3. The Kier molecular flexibility index (Phi) is 3.15. The first-order valence-electron chi connectivity index (χ1n) is 7.10. The van der Waals surface area contributed by atoms with Crippen molar-refractivity contribution in [1.29, 1.82) is 0 Å². The highest BCUT2D eigenvalue weighted by Gasteiger charge is 2.22. The zero-order valence-corrected chi connectivity index (χ0v) is 11.9. The van der Waals surface area contributed by atoms with Gasteiger partial charge in [-0.05, 0) is 24.3 Å². The first-order valence-corrected chi connectivity index (χ1v) is 7.10. The largest absolute Gasteiger partial charge is 0.344 e. The number of hydrogen-bond acceptors (Lipinski definition) is 3. The average molecular weight is 310 g/mol. The number of nitrogens with one attached hydrogen (secondary N) is 1. The summed E-state index contributed by atoms with van der Waals surface area (Å²) in [7, 11) is 0. The van der Waals surface area contributed by atoms with Crippen LogP contribution in [0.15, 0.2) is 59.7 Å². The maximum absolute atomic E-state index is 14.0. The molecule has 1 aliphatic heterocycles. The molecule has 6 heteroatoms. The topological polar surface area (TPSA) is 42.2 Å². The van der Waals surface area contributed by atoms with E-state index in [0.717, 1.165) is 23.1 Å². The molecular formula is C17H12F2N4. The van der Waals surface area contributed by atoms with Crippen molar-refractivity contribution in [1.82, 2.24) is 9.78 Å². The molecule has 1 aliphatic rings. The summed E-state index contributed by atoms with van der Waals surface area (Å²) in [5.74, 6) is -0.519. The zero-order chi connectivity index (χ0) is 15.8. The van der Waals surface area contributed by atoms with E-state index in [-0.39, 0.29) is 5.56 Å². The van der Waals surface area contributed by atoms with Gasteiger partial charge >= 0.3 is 0 Å². The van der Waals surface area contributed by atoms with Crippen LogP contribution in [0.25, 0.3) is 5.69 Å². The Morgan fingerprint density at radius 3 is 2.65 bits per heavy atom. The first kappa shape index (κ1) is 13.6. The lowest BCUT2D eigenvalue weighted by atomic mass is 10.1. The van der Waals surface area contributed by atoms with Gasteiger partial charge in [0.15, 0.2) is 0 Å². The lowest BCUT2D eigenvalue weighted by Crippen LogP contribution is -2.18. The van der Waals surface area contributed by atoms with E-state index in [9.17, 15) is 8.78 Å². The summed E-state index contributed by atoms with van der Waals surface area (Å²) in [6, 6.07) is 13.1. The summed E-state index contributed by atoms with van der Waals surface area (Å²) < 4.78 is 28.8. The standard InChI is InChI=1S/C17H12F2N4/c18-12-6-7-14(15(19)8-12)16-20-9-11-10-21-23(17(11)22-16)13-4-2-1-3-5-13/h1-10,16,22H.